The Kier molecular flexibility index (Phi) is 9.03. The van der Waals surface area contributed by atoms with E-state index in [4.69, 9.17) is 18.9 Å². The first-order chi connectivity index (χ1) is 15.9. The van der Waals surface area contributed by atoms with Gasteiger partial charge in [0.05, 0.1) is 36.4 Å². The molecule has 1 fully saturated rings. The van der Waals surface area contributed by atoms with Gasteiger partial charge in [0.25, 0.3) is 0 Å². The van der Waals surface area contributed by atoms with Gasteiger partial charge in [0, 0.05) is 11.1 Å². The molecule has 0 N–H and O–H groups in total. The minimum absolute atomic E-state index is 0.0658. The van der Waals surface area contributed by atoms with Crippen molar-refractivity contribution in [3.63, 3.8) is 0 Å². The second-order valence-corrected chi connectivity index (χ2v) is 9.16. The van der Waals surface area contributed by atoms with Crippen LogP contribution in [0.1, 0.15) is 44.2 Å². The zero-order valence-corrected chi connectivity index (χ0v) is 22.5. The fraction of sp³-hybridized carbons (Fsp3) is 0.346. The maximum absolute atomic E-state index is 13.3. The molecule has 1 aliphatic carbocycles. The van der Waals surface area contributed by atoms with Crippen LogP contribution >= 0.6 is 31.9 Å². The first-order valence-corrected chi connectivity index (χ1v) is 12.5. The predicted octanol–water partition coefficient (Wildman–Crippen LogP) is 7.25. The Hall–Kier alpha value is -2.25. The van der Waals surface area contributed by atoms with Crippen LogP contribution in [0.2, 0.25) is 0 Å². The molecule has 3 rings (SSSR count). The fourth-order valence-electron chi connectivity index (χ4n) is 3.84. The van der Waals surface area contributed by atoms with E-state index in [9.17, 15) is 4.79 Å². The third-order valence-corrected chi connectivity index (χ3v) is 6.41. The molecule has 0 bridgehead atoms. The lowest BCUT2D eigenvalue weighted by atomic mass is 9.87. The van der Waals surface area contributed by atoms with Gasteiger partial charge in [-0.2, -0.15) is 0 Å². The molecule has 0 atom stereocenters. The van der Waals surface area contributed by atoms with Crippen LogP contribution in [0, 0.1) is 0 Å². The van der Waals surface area contributed by atoms with Crippen LogP contribution in [0.4, 0.5) is 0 Å². The molecular formula is C26H28Br2O5. The predicted molar refractivity (Wildman–Crippen MR) is 139 cm³/mol. The third kappa shape index (κ3) is 6.01. The van der Waals surface area contributed by atoms with Crippen LogP contribution in [-0.4, -0.2) is 33.2 Å². The molecule has 0 unspecified atom stereocenters. The average molecular weight is 580 g/mol. The van der Waals surface area contributed by atoms with Crippen LogP contribution in [0.3, 0.4) is 0 Å². The van der Waals surface area contributed by atoms with Gasteiger partial charge in [-0.15, -0.1) is 0 Å². The molecule has 0 amide bonds. The molecule has 1 aliphatic rings. The van der Waals surface area contributed by atoms with Crippen molar-refractivity contribution in [3.8, 4) is 23.0 Å². The quantitative estimate of drug-likeness (QED) is 0.308. The molecule has 0 saturated heterocycles. The summed E-state index contributed by atoms with van der Waals surface area (Å²) < 4.78 is 23.9. The number of carbonyl (C=O) groups is 1. The van der Waals surface area contributed by atoms with E-state index in [0.717, 1.165) is 50.5 Å². The van der Waals surface area contributed by atoms with E-state index in [1.807, 2.05) is 50.3 Å². The number of carbonyl (C=O) groups excluding carboxylic acids is 1. The van der Waals surface area contributed by atoms with Crippen LogP contribution in [-0.2, 0) is 4.79 Å². The van der Waals surface area contributed by atoms with E-state index in [1.54, 1.807) is 14.2 Å². The standard InChI is InChI=1S/C26H28Br2O5/c1-5-32-22-14-16(12-20(27)25(22)30-3)10-18-8-7-9-19(24(18)29)11-17-13-21(28)26(31-4)23(15-17)33-6-2/h10-15H,5-9H2,1-4H3/b18-10-,19-11+. The lowest BCUT2D eigenvalue weighted by Gasteiger charge is -2.18. The van der Waals surface area contributed by atoms with Crippen LogP contribution in [0.25, 0.3) is 12.2 Å². The molecule has 33 heavy (non-hydrogen) atoms. The zero-order valence-electron chi connectivity index (χ0n) is 19.3. The van der Waals surface area contributed by atoms with Crippen LogP contribution < -0.4 is 18.9 Å². The van der Waals surface area contributed by atoms with Gasteiger partial charge >= 0.3 is 0 Å². The summed E-state index contributed by atoms with van der Waals surface area (Å²) in [4.78, 5) is 13.3. The van der Waals surface area contributed by atoms with Crippen molar-refractivity contribution in [2.75, 3.05) is 27.4 Å². The lowest BCUT2D eigenvalue weighted by Crippen LogP contribution is -2.12. The molecule has 7 heteroatoms. The van der Waals surface area contributed by atoms with Gasteiger partial charge in [-0.25, -0.2) is 0 Å². The van der Waals surface area contributed by atoms with Gasteiger partial charge in [-0.3, -0.25) is 4.79 Å². The number of methoxy groups -OCH3 is 2. The maximum Gasteiger partial charge on any atom is 0.185 e. The highest BCUT2D eigenvalue weighted by atomic mass is 79.9. The van der Waals surface area contributed by atoms with E-state index in [-0.39, 0.29) is 5.78 Å². The number of rotatable bonds is 8. The highest BCUT2D eigenvalue weighted by Gasteiger charge is 2.22. The summed E-state index contributed by atoms with van der Waals surface area (Å²) >= 11 is 7.09. The molecule has 2 aromatic carbocycles. The van der Waals surface area contributed by atoms with E-state index >= 15 is 0 Å². The molecule has 2 aromatic rings. The molecule has 0 spiro atoms. The number of Topliss-reactive ketones (excluding diaryl/α,β-unsaturated/α-hetero) is 1. The molecule has 5 nitrogen and oxygen atoms in total. The van der Waals surface area contributed by atoms with Gasteiger partial charge in [0.1, 0.15) is 0 Å². The van der Waals surface area contributed by atoms with Crippen molar-refractivity contribution in [1.82, 2.24) is 0 Å². The van der Waals surface area contributed by atoms with Gasteiger partial charge in [-0.05, 0) is 113 Å². The van der Waals surface area contributed by atoms with Crippen molar-refractivity contribution in [1.29, 1.82) is 0 Å². The summed E-state index contributed by atoms with van der Waals surface area (Å²) in [5, 5.41) is 0. The Labute approximate surface area is 212 Å². The normalized spacial score (nSPS) is 16.2. The number of halogens is 2. The number of hydrogen-bond donors (Lipinski definition) is 0. The van der Waals surface area contributed by atoms with Gasteiger partial charge in [-0.1, -0.05) is 0 Å². The van der Waals surface area contributed by atoms with Crippen molar-refractivity contribution in [3.05, 3.63) is 55.5 Å². The van der Waals surface area contributed by atoms with Crippen molar-refractivity contribution in [2.24, 2.45) is 0 Å². The highest BCUT2D eigenvalue weighted by Crippen LogP contribution is 2.39. The van der Waals surface area contributed by atoms with E-state index < -0.39 is 0 Å². The van der Waals surface area contributed by atoms with E-state index in [2.05, 4.69) is 31.9 Å². The van der Waals surface area contributed by atoms with Crippen molar-refractivity contribution >= 4 is 49.8 Å². The molecule has 0 heterocycles. The minimum Gasteiger partial charge on any atom is -0.492 e. The Morgan fingerprint density at radius 1 is 0.788 bits per heavy atom. The Morgan fingerprint density at radius 3 is 1.58 bits per heavy atom. The highest BCUT2D eigenvalue weighted by molar-refractivity contribution is 9.11. The second-order valence-electron chi connectivity index (χ2n) is 7.46. The smallest absolute Gasteiger partial charge is 0.185 e. The Morgan fingerprint density at radius 2 is 1.21 bits per heavy atom. The van der Waals surface area contributed by atoms with Crippen LogP contribution in [0.15, 0.2) is 44.4 Å². The summed E-state index contributed by atoms with van der Waals surface area (Å²) in [6.07, 6.45) is 6.27. The number of benzene rings is 2. The fourth-order valence-corrected chi connectivity index (χ4v) is 5.09. The first-order valence-electron chi connectivity index (χ1n) is 10.9. The molecule has 0 aromatic heterocycles. The lowest BCUT2D eigenvalue weighted by molar-refractivity contribution is -0.112. The topological polar surface area (TPSA) is 54.0 Å². The van der Waals surface area contributed by atoms with Gasteiger partial charge in [0.2, 0.25) is 0 Å². The Balaban J connectivity index is 1.95. The minimum atomic E-state index is 0.0658. The summed E-state index contributed by atoms with van der Waals surface area (Å²) in [5.41, 5.74) is 3.34. The SMILES string of the molecule is CCOc1cc(/C=C2/CCC/C(=C\c3cc(Br)c(OC)c(OCC)c3)C2=O)cc(Br)c1OC. The third-order valence-electron chi connectivity index (χ3n) is 5.23. The van der Waals surface area contributed by atoms with E-state index in [1.165, 1.54) is 0 Å². The summed E-state index contributed by atoms with van der Waals surface area (Å²) in [5.74, 6) is 2.64. The number of allylic oxidation sites excluding steroid dienone is 2. The summed E-state index contributed by atoms with van der Waals surface area (Å²) in [6, 6.07) is 7.68. The summed E-state index contributed by atoms with van der Waals surface area (Å²) in [6.45, 7) is 4.90. The number of hydrogen-bond acceptors (Lipinski definition) is 5. The van der Waals surface area contributed by atoms with Gasteiger partial charge in [0.15, 0.2) is 28.8 Å². The first kappa shape index (κ1) is 25.4. The maximum atomic E-state index is 13.3. The van der Waals surface area contributed by atoms with Crippen molar-refractivity contribution < 1.29 is 23.7 Å². The zero-order chi connectivity index (χ0) is 24.0. The Bertz CT molecular complexity index is 1010. The largest absolute Gasteiger partial charge is 0.492 e. The average Bonchev–Trinajstić information content (AvgIpc) is 2.77. The van der Waals surface area contributed by atoms with Crippen molar-refractivity contribution in [2.45, 2.75) is 33.1 Å². The second kappa shape index (κ2) is 11.7. The molecule has 1 saturated carbocycles. The van der Waals surface area contributed by atoms with Crippen LogP contribution in [0.5, 0.6) is 23.0 Å². The molecule has 0 radical (unpaired) electrons. The number of ketones is 1. The van der Waals surface area contributed by atoms with E-state index in [0.29, 0.717) is 36.2 Å². The number of ether oxygens (including phenoxy) is 4. The monoisotopic (exact) mass is 578 g/mol. The molecule has 176 valence electrons. The van der Waals surface area contributed by atoms with Gasteiger partial charge < -0.3 is 18.9 Å². The molecular weight excluding hydrogens is 552 g/mol. The summed E-state index contributed by atoms with van der Waals surface area (Å²) in [7, 11) is 3.22. The molecule has 0 aliphatic heterocycles.